The molecule has 23 heavy (non-hydrogen) atoms. The molecule has 3 atom stereocenters. The maximum absolute atomic E-state index is 13.1. The number of hydrogen-bond donors (Lipinski definition) is 1. The van der Waals surface area contributed by atoms with Gasteiger partial charge in [-0.1, -0.05) is 12.1 Å². The molecule has 5 nitrogen and oxygen atoms in total. The van der Waals surface area contributed by atoms with Crippen molar-refractivity contribution in [3.05, 3.63) is 35.6 Å². The minimum absolute atomic E-state index is 0.0676. The standard InChI is InChI=1S/C17H21FN2O3/c1-20-15(21)9-14(16(20)11-4-6-12(18)7-5-11)17(22)19-10-13-3-2-8-23-13/h4-7,13-14,16H,2-3,8-10H2,1H3,(H,19,22)/t13-,14+,16+/m1/s1. The summed E-state index contributed by atoms with van der Waals surface area (Å²) < 4.78 is 18.6. The fraction of sp³-hybridized carbons (Fsp3) is 0.529. The van der Waals surface area contributed by atoms with Crippen LogP contribution in [0, 0.1) is 11.7 Å². The molecule has 1 aromatic carbocycles. The SMILES string of the molecule is CN1C(=O)C[C@H](C(=O)NC[C@H]2CCCO2)[C@@H]1c1ccc(F)cc1. The molecule has 1 aromatic rings. The van der Waals surface area contributed by atoms with E-state index in [0.29, 0.717) is 6.54 Å². The monoisotopic (exact) mass is 320 g/mol. The van der Waals surface area contributed by atoms with Crippen LogP contribution in [-0.4, -0.2) is 43.0 Å². The average molecular weight is 320 g/mol. The fourth-order valence-corrected chi connectivity index (χ4v) is 3.37. The van der Waals surface area contributed by atoms with Gasteiger partial charge < -0.3 is 15.0 Å². The van der Waals surface area contributed by atoms with Crippen LogP contribution in [-0.2, 0) is 14.3 Å². The third kappa shape index (κ3) is 3.37. The average Bonchev–Trinajstić information content (AvgIpc) is 3.15. The van der Waals surface area contributed by atoms with Gasteiger partial charge in [0.05, 0.1) is 18.1 Å². The molecule has 2 saturated heterocycles. The number of likely N-dealkylation sites (tertiary alicyclic amines) is 1. The zero-order chi connectivity index (χ0) is 16.4. The Bertz CT molecular complexity index is 584. The van der Waals surface area contributed by atoms with Crippen LogP contribution in [0.1, 0.15) is 30.9 Å². The lowest BCUT2D eigenvalue weighted by atomic mass is 9.93. The van der Waals surface area contributed by atoms with Gasteiger partial charge in [-0.15, -0.1) is 0 Å². The van der Waals surface area contributed by atoms with Crippen molar-refractivity contribution in [3.8, 4) is 0 Å². The van der Waals surface area contributed by atoms with Crippen molar-refractivity contribution in [1.29, 1.82) is 0 Å². The molecule has 2 heterocycles. The number of amides is 2. The Labute approximate surface area is 134 Å². The van der Waals surface area contributed by atoms with Crippen LogP contribution in [0.4, 0.5) is 4.39 Å². The van der Waals surface area contributed by atoms with E-state index in [1.54, 1.807) is 24.1 Å². The van der Waals surface area contributed by atoms with Crippen LogP contribution < -0.4 is 5.32 Å². The first-order chi connectivity index (χ1) is 11.1. The molecular weight excluding hydrogens is 299 g/mol. The third-order valence-electron chi connectivity index (χ3n) is 4.66. The summed E-state index contributed by atoms with van der Waals surface area (Å²) in [5.41, 5.74) is 0.775. The van der Waals surface area contributed by atoms with Crippen molar-refractivity contribution in [3.63, 3.8) is 0 Å². The van der Waals surface area contributed by atoms with Gasteiger partial charge >= 0.3 is 0 Å². The van der Waals surface area contributed by atoms with E-state index in [-0.39, 0.29) is 36.2 Å². The Balaban J connectivity index is 1.71. The van der Waals surface area contributed by atoms with Crippen molar-refractivity contribution in [2.45, 2.75) is 31.4 Å². The summed E-state index contributed by atoms with van der Waals surface area (Å²) >= 11 is 0. The van der Waals surface area contributed by atoms with Gasteiger partial charge in [-0.05, 0) is 30.5 Å². The van der Waals surface area contributed by atoms with Crippen molar-refractivity contribution < 1.29 is 18.7 Å². The summed E-state index contributed by atoms with van der Waals surface area (Å²) in [5, 5.41) is 2.90. The highest BCUT2D eigenvalue weighted by atomic mass is 19.1. The number of halogens is 1. The van der Waals surface area contributed by atoms with Crippen LogP contribution in [0.2, 0.25) is 0 Å². The van der Waals surface area contributed by atoms with Crippen molar-refractivity contribution in [2.75, 3.05) is 20.2 Å². The van der Waals surface area contributed by atoms with E-state index >= 15 is 0 Å². The first-order valence-electron chi connectivity index (χ1n) is 7.96. The molecule has 0 aromatic heterocycles. The molecule has 0 bridgehead atoms. The normalized spacial score (nSPS) is 27.5. The second kappa shape index (κ2) is 6.66. The molecule has 0 radical (unpaired) electrons. The number of carbonyl (C=O) groups excluding carboxylic acids is 2. The van der Waals surface area contributed by atoms with Gasteiger partial charge in [0.15, 0.2) is 0 Å². The summed E-state index contributed by atoms with van der Waals surface area (Å²) in [6, 6.07) is 5.62. The molecule has 2 aliphatic heterocycles. The summed E-state index contributed by atoms with van der Waals surface area (Å²) in [6.45, 7) is 1.22. The van der Waals surface area contributed by atoms with E-state index in [4.69, 9.17) is 4.74 Å². The Hall–Kier alpha value is -1.95. The maximum atomic E-state index is 13.1. The van der Waals surface area contributed by atoms with Crippen LogP contribution in [0.5, 0.6) is 0 Å². The minimum Gasteiger partial charge on any atom is -0.376 e. The molecule has 124 valence electrons. The van der Waals surface area contributed by atoms with Gasteiger partial charge in [0, 0.05) is 26.6 Å². The first-order valence-corrected chi connectivity index (χ1v) is 7.96. The highest BCUT2D eigenvalue weighted by Gasteiger charge is 2.42. The number of carbonyl (C=O) groups is 2. The summed E-state index contributed by atoms with van der Waals surface area (Å²) in [5.74, 6) is -1.01. The lowest BCUT2D eigenvalue weighted by Gasteiger charge is -2.25. The number of rotatable bonds is 4. The van der Waals surface area contributed by atoms with E-state index < -0.39 is 5.92 Å². The Morgan fingerprint density at radius 3 is 2.78 bits per heavy atom. The second-order valence-corrected chi connectivity index (χ2v) is 6.19. The predicted molar refractivity (Wildman–Crippen MR) is 82.0 cm³/mol. The number of nitrogens with zero attached hydrogens (tertiary/aromatic N) is 1. The quantitative estimate of drug-likeness (QED) is 0.917. The number of nitrogens with one attached hydrogen (secondary N) is 1. The molecule has 0 saturated carbocycles. The largest absolute Gasteiger partial charge is 0.376 e. The summed E-state index contributed by atoms with van der Waals surface area (Å²) in [4.78, 5) is 26.1. The van der Waals surface area contributed by atoms with Crippen molar-refractivity contribution in [1.82, 2.24) is 10.2 Å². The first kappa shape index (κ1) is 15.9. The van der Waals surface area contributed by atoms with E-state index in [9.17, 15) is 14.0 Å². The van der Waals surface area contributed by atoms with E-state index in [0.717, 1.165) is 25.0 Å². The molecule has 2 aliphatic rings. The topological polar surface area (TPSA) is 58.6 Å². The highest BCUT2D eigenvalue weighted by molar-refractivity contribution is 5.90. The molecule has 0 aliphatic carbocycles. The molecule has 1 N–H and O–H groups in total. The lowest BCUT2D eigenvalue weighted by Crippen LogP contribution is -2.38. The predicted octanol–water partition coefficient (Wildman–Crippen LogP) is 1.64. The van der Waals surface area contributed by atoms with Crippen molar-refractivity contribution in [2.24, 2.45) is 5.92 Å². The molecule has 2 amide bonds. The molecular formula is C17H21FN2O3. The van der Waals surface area contributed by atoms with Gasteiger partial charge in [0.25, 0.3) is 0 Å². The number of ether oxygens (including phenoxy) is 1. The van der Waals surface area contributed by atoms with Crippen molar-refractivity contribution >= 4 is 11.8 Å². The van der Waals surface area contributed by atoms with Crippen LogP contribution in [0.3, 0.4) is 0 Å². The Morgan fingerprint density at radius 1 is 1.39 bits per heavy atom. The second-order valence-electron chi connectivity index (χ2n) is 6.19. The van der Waals surface area contributed by atoms with Crippen LogP contribution >= 0.6 is 0 Å². The zero-order valence-electron chi connectivity index (χ0n) is 13.1. The maximum Gasteiger partial charge on any atom is 0.226 e. The lowest BCUT2D eigenvalue weighted by molar-refractivity contribution is -0.128. The Kier molecular flexibility index (Phi) is 4.61. The Morgan fingerprint density at radius 2 is 2.13 bits per heavy atom. The molecule has 6 heteroatoms. The highest BCUT2D eigenvalue weighted by Crippen LogP contribution is 2.37. The number of benzene rings is 1. The van der Waals surface area contributed by atoms with E-state index in [1.807, 2.05) is 0 Å². The van der Waals surface area contributed by atoms with Gasteiger partial charge in [0.1, 0.15) is 5.82 Å². The van der Waals surface area contributed by atoms with Crippen LogP contribution in [0.25, 0.3) is 0 Å². The molecule has 3 rings (SSSR count). The zero-order valence-corrected chi connectivity index (χ0v) is 13.1. The third-order valence-corrected chi connectivity index (χ3v) is 4.66. The minimum atomic E-state index is -0.459. The van der Waals surface area contributed by atoms with Gasteiger partial charge in [-0.25, -0.2) is 4.39 Å². The van der Waals surface area contributed by atoms with Gasteiger partial charge in [0.2, 0.25) is 11.8 Å². The van der Waals surface area contributed by atoms with Gasteiger partial charge in [-0.3, -0.25) is 9.59 Å². The van der Waals surface area contributed by atoms with E-state index in [2.05, 4.69) is 5.32 Å². The smallest absolute Gasteiger partial charge is 0.226 e. The number of hydrogen-bond acceptors (Lipinski definition) is 3. The molecule has 0 spiro atoms. The van der Waals surface area contributed by atoms with Gasteiger partial charge in [-0.2, -0.15) is 0 Å². The molecule has 0 unspecified atom stereocenters. The summed E-state index contributed by atoms with van der Waals surface area (Å²) in [6.07, 6.45) is 2.21. The fourth-order valence-electron chi connectivity index (χ4n) is 3.37. The molecule has 2 fully saturated rings. The van der Waals surface area contributed by atoms with Crippen LogP contribution in [0.15, 0.2) is 24.3 Å². The summed E-state index contributed by atoms with van der Waals surface area (Å²) in [7, 11) is 1.68. The van der Waals surface area contributed by atoms with E-state index in [1.165, 1.54) is 12.1 Å².